The fourth-order valence-electron chi connectivity index (χ4n) is 17.7. The Morgan fingerprint density at radius 2 is 0.820 bits per heavy atom. The quantitative estimate of drug-likeness (QED) is 0.0551. The molecule has 0 radical (unpaired) electrons. The van der Waals surface area contributed by atoms with Crippen LogP contribution in [0.4, 0.5) is 0 Å². The van der Waals surface area contributed by atoms with Gasteiger partial charge >= 0.3 is 35.8 Å². The predicted molar refractivity (Wildman–Crippen MR) is 296 cm³/mol. The van der Waals surface area contributed by atoms with Gasteiger partial charge in [0.2, 0.25) is 42.6 Å². The third kappa shape index (κ3) is 11.4. The highest BCUT2D eigenvalue weighted by atomic mass is 17.3. The number of ether oxygens (including phenoxy) is 12. The number of amides is 1. The minimum atomic E-state index is -1.93. The molecule has 15 aliphatic rings. The van der Waals surface area contributed by atoms with Crippen molar-refractivity contribution in [2.45, 2.75) is 262 Å². The van der Waals surface area contributed by atoms with Crippen LogP contribution in [-0.4, -0.2) is 139 Å². The Bertz CT molecular complexity index is 2610. The van der Waals surface area contributed by atoms with Crippen molar-refractivity contribution in [3.63, 3.8) is 0 Å². The number of nitrogens with one attached hydrogen (secondary N) is 1. The third-order valence-corrected chi connectivity index (χ3v) is 23.3. The van der Waals surface area contributed by atoms with Crippen molar-refractivity contribution in [1.82, 2.24) is 5.32 Å². The van der Waals surface area contributed by atoms with Crippen LogP contribution in [-0.2, 0) is 120 Å². The van der Waals surface area contributed by atoms with Crippen molar-refractivity contribution >= 4 is 42.2 Å². The van der Waals surface area contributed by atoms with E-state index in [0.717, 1.165) is 57.8 Å². The molecule has 26 heteroatoms. The van der Waals surface area contributed by atoms with Crippen LogP contribution < -0.4 is 5.32 Å². The Labute approximate surface area is 518 Å². The van der Waals surface area contributed by atoms with Gasteiger partial charge in [-0.25, -0.2) is 29.3 Å². The molecule has 89 heavy (non-hydrogen) atoms. The summed E-state index contributed by atoms with van der Waals surface area (Å²) in [6, 6.07) is 0. The van der Waals surface area contributed by atoms with E-state index in [1.807, 2.05) is 20.8 Å². The van der Waals surface area contributed by atoms with Crippen LogP contribution in [0.1, 0.15) is 185 Å². The molecule has 1 N–H and O–H groups in total. The molecule has 1 amide bonds. The van der Waals surface area contributed by atoms with E-state index < -0.39 is 177 Å². The van der Waals surface area contributed by atoms with Gasteiger partial charge in [-0.3, -0.25) is 33.6 Å². The molecule has 15 fully saturated rings. The number of esters is 6. The van der Waals surface area contributed by atoms with E-state index in [2.05, 4.69) is 33.0 Å². The van der Waals surface area contributed by atoms with Crippen molar-refractivity contribution in [3.8, 4) is 0 Å². The highest BCUT2D eigenvalue weighted by Crippen LogP contribution is 2.67. The van der Waals surface area contributed by atoms with Crippen LogP contribution in [0.15, 0.2) is 0 Å². The summed E-state index contributed by atoms with van der Waals surface area (Å²) in [5.74, 6) is -8.30. The molecule has 6 bridgehead atoms. The minimum absolute atomic E-state index is 0.0598. The Balaban J connectivity index is 0.667. The minimum Gasteiger partial charge on any atom is -0.463 e. The van der Waals surface area contributed by atoms with Crippen LogP contribution >= 0.6 is 0 Å². The summed E-state index contributed by atoms with van der Waals surface area (Å²) in [5.41, 5.74) is -5.23. The van der Waals surface area contributed by atoms with Gasteiger partial charge in [0, 0.05) is 54.3 Å². The van der Waals surface area contributed by atoms with Crippen LogP contribution in [0.25, 0.3) is 0 Å². The summed E-state index contributed by atoms with van der Waals surface area (Å²) in [6.45, 7) is 17.6. The molecule has 3 spiro atoms. The molecular formula is C63H91NO25. The first kappa shape index (κ1) is 64.9. The van der Waals surface area contributed by atoms with Crippen LogP contribution in [0.5, 0.6) is 0 Å². The number of fused-ring (bicyclic) bond motifs is 6. The van der Waals surface area contributed by atoms with Gasteiger partial charge in [0.1, 0.15) is 25.4 Å². The number of carbonyl (C=O) groups excluding carboxylic acids is 7. The maximum Gasteiger partial charge on any atom is 0.308 e. The van der Waals surface area contributed by atoms with E-state index in [1.165, 1.54) is 0 Å². The SMILES string of the molecule is C[C@H]1[C@H](OC(=O)CCC(=O)OCC(COC(=O)CCC(=O)O[C@@H]2O[C@@H]3O[C@@]4(C)CC[C@H]5[C@H](C)CC[C@@H]([C@H]2C)[C@@]35OO4)(COC(=O)CCC(=O)O[C@@H]2O[C@@H]3O[C@@]4(C)CC[C@H]5[C@H](C)CC[C@@](C)([C@H]2C)[C@@]35OO4)NC=O)O[C@@H]2O[C@@]3(C)CC[C@H]4[C@H](C)CC[C@@H]1[C@@]24OO3. The second kappa shape index (κ2) is 24.3. The molecule has 498 valence electrons. The van der Waals surface area contributed by atoms with Crippen LogP contribution in [0.3, 0.4) is 0 Å². The van der Waals surface area contributed by atoms with Crippen molar-refractivity contribution in [2.24, 2.45) is 70.5 Å². The summed E-state index contributed by atoms with van der Waals surface area (Å²) < 4.78 is 73.0. The van der Waals surface area contributed by atoms with E-state index in [1.54, 1.807) is 20.8 Å². The molecule has 0 unspecified atom stereocenters. The number of rotatable bonds is 20. The molecule has 12 aliphatic heterocycles. The van der Waals surface area contributed by atoms with Crippen molar-refractivity contribution in [2.75, 3.05) is 19.8 Å². The summed E-state index contributed by atoms with van der Waals surface area (Å²) >= 11 is 0. The van der Waals surface area contributed by atoms with E-state index in [-0.39, 0.29) is 53.8 Å². The molecule has 3 aliphatic carbocycles. The molecule has 0 aromatic carbocycles. The molecule has 12 heterocycles. The largest absolute Gasteiger partial charge is 0.463 e. The molecule has 3 saturated carbocycles. The summed E-state index contributed by atoms with van der Waals surface area (Å²) in [4.78, 5) is 130. The zero-order valence-electron chi connectivity index (χ0n) is 52.9. The molecule has 12 saturated heterocycles. The molecular weight excluding hydrogens is 1170 g/mol. The second-order valence-corrected chi connectivity index (χ2v) is 29.0. The van der Waals surface area contributed by atoms with Gasteiger partial charge in [0.05, 0.1) is 38.5 Å². The Morgan fingerprint density at radius 3 is 1.27 bits per heavy atom. The van der Waals surface area contributed by atoms with Crippen LogP contribution in [0, 0.1) is 70.5 Å². The standard InChI is InChI=1S/C63H91NO25/c1-33-11-13-42-36(4)50(78-53-61(42)39(33)22-26-57(8,81-53)84-87-61)75-47(69)18-15-44(66)72-29-60(64-32-65,30-73-45(67)16-19-48(70)76-51-37(5)43-14-12-34(2)40-23-27-58(9)82-54(79-51)62(40,43)88-85-58)31-74-46(68)17-20-49(71)77-52-38(6)56(7)25-21-35(3)41-24-28-59(10)83-55(80-52)63(41,56)89-86-59/h32-43,50-55H,11-31H2,1-10H3,(H,64,65)/t33-,34-,35-,36-,37-,38+,39+,40+,41+,42+,43+,50-,51-,52-,53-,54-,55-,56+,57-,58-,59-,61-,62-,63+/m1/s1. The van der Waals surface area contributed by atoms with E-state index in [9.17, 15) is 33.6 Å². The maximum absolute atomic E-state index is 13.6. The molecule has 0 aromatic heterocycles. The van der Waals surface area contributed by atoms with E-state index in [0.29, 0.717) is 37.0 Å². The first-order chi connectivity index (χ1) is 42.2. The average Bonchev–Trinajstić information content (AvgIpc) is 1.70. The van der Waals surface area contributed by atoms with Gasteiger partial charge in [-0.2, -0.15) is 0 Å². The zero-order chi connectivity index (χ0) is 63.3. The highest BCUT2D eigenvalue weighted by molar-refractivity contribution is 5.79. The number of carbonyl (C=O) groups is 7. The summed E-state index contributed by atoms with van der Waals surface area (Å²) in [6.07, 6.45) is 0.971. The Kier molecular flexibility index (Phi) is 17.7. The first-order valence-corrected chi connectivity index (χ1v) is 32.6. The fraction of sp³-hybridized carbons (Fsp3) is 0.889. The van der Waals surface area contributed by atoms with Crippen molar-refractivity contribution < 1.29 is 120 Å². The van der Waals surface area contributed by atoms with Gasteiger partial charge < -0.3 is 62.2 Å². The number of hydrogen-bond donors (Lipinski definition) is 1. The lowest BCUT2D eigenvalue weighted by atomic mass is 9.50. The molecule has 24 atom stereocenters. The van der Waals surface area contributed by atoms with Crippen molar-refractivity contribution in [1.29, 1.82) is 0 Å². The van der Waals surface area contributed by atoms with Gasteiger partial charge in [-0.05, 0) is 114 Å². The third-order valence-electron chi connectivity index (χ3n) is 23.3. The molecule has 0 aromatic rings. The van der Waals surface area contributed by atoms with Gasteiger partial charge in [0.15, 0.2) is 35.7 Å². The molecule has 26 nitrogen and oxygen atoms in total. The normalized spacial score (nSPS) is 46.9. The lowest BCUT2D eigenvalue weighted by Gasteiger charge is -2.65. The van der Waals surface area contributed by atoms with Gasteiger partial charge in [-0.1, -0.05) is 48.5 Å². The maximum atomic E-state index is 13.6. The summed E-state index contributed by atoms with van der Waals surface area (Å²) in [7, 11) is 0. The van der Waals surface area contributed by atoms with Crippen LogP contribution in [0.2, 0.25) is 0 Å². The monoisotopic (exact) mass is 1260 g/mol. The van der Waals surface area contributed by atoms with Gasteiger partial charge in [-0.15, -0.1) is 0 Å². The molecule has 15 rings (SSSR count). The van der Waals surface area contributed by atoms with E-state index in [4.69, 9.17) is 86.2 Å². The highest BCUT2D eigenvalue weighted by Gasteiger charge is 2.76. The topological polar surface area (TPSA) is 298 Å². The number of hydrogen-bond acceptors (Lipinski definition) is 25. The predicted octanol–water partition coefficient (Wildman–Crippen LogP) is 7.09. The lowest BCUT2D eigenvalue weighted by Crippen LogP contribution is -2.74. The smallest absolute Gasteiger partial charge is 0.308 e. The zero-order valence-corrected chi connectivity index (χ0v) is 52.9. The Morgan fingerprint density at radius 1 is 0.438 bits per heavy atom. The van der Waals surface area contributed by atoms with Gasteiger partial charge in [0.25, 0.3) is 0 Å². The fourth-order valence-corrected chi connectivity index (χ4v) is 17.7. The average molecular weight is 1260 g/mol. The first-order valence-electron chi connectivity index (χ1n) is 32.6. The van der Waals surface area contributed by atoms with Crippen molar-refractivity contribution in [3.05, 3.63) is 0 Å². The lowest BCUT2D eigenvalue weighted by molar-refractivity contribution is -0.586. The Hall–Kier alpha value is -4.19. The summed E-state index contributed by atoms with van der Waals surface area (Å²) in [5, 5.41) is 2.49. The van der Waals surface area contributed by atoms with E-state index >= 15 is 0 Å². The second-order valence-electron chi connectivity index (χ2n) is 29.0.